The summed E-state index contributed by atoms with van der Waals surface area (Å²) in [7, 11) is 0. The third-order valence-electron chi connectivity index (χ3n) is 4.62. The normalized spacial score (nSPS) is 30.8. The molecule has 2 amide bonds. The number of aliphatic hydroxyl groups excluding tert-OH is 1. The molecule has 0 radical (unpaired) electrons. The highest BCUT2D eigenvalue weighted by molar-refractivity contribution is 5.75. The summed E-state index contributed by atoms with van der Waals surface area (Å²) in [5.74, 6) is -1.25. The smallest absolute Gasteiger partial charge is 0.391 e. The van der Waals surface area contributed by atoms with Crippen molar-refractivity contribution in [1.82, 2.24) is 10.2 Å². The molecule has 0 aromatic carbocycles. The molecule has 134 valence electrons. The maximum Gasteiger partial charge on any atom is 0.391 e. The summed E-state index contributed by atoms with van der Waals surface area (Å²) in [5.41, 5.74) is 0. The van der Waals surface area contributed by atoms with Crippen LogP contribution < -0.4 is 5.32 Å². The zero-order valence-electron chi connectivity index (χ0n) is 13.3. The quantitative estimate of drug-likeness (QED) is 0.830. The van der Waals surface area contributed by atoms with Gasteiger partial charge in [0.05, 0.1) is 31.3 Å². The summed E-state index contributed by atoms with van der Waals surface area (Å²) in [4.78, 5) is 14.0. The fourth-order valence-electron chi connectivity index (χ4n) is 3.33. The number of carbonyl (C=O) groups excluding carboxylic acids is 1. The van der Waals surface area contributed by atoms with Crippen molar-refractivity contribution < 1.29 is 27.8 Å². The SMILES string of the molecule is CC(O)CC1COCCN1C(=O)NC1CCC(C(F)(F)F)CC1. The Hall–Kier alpha value is -1.02. The monoisotopic (exact) mass is 338 g/mol. The predicted octanol–water partition coefficient (Wildman–Crippen LogP) is 2.29. The first-order valence-electron chi connectivity index (χ1n) is 8.17. The molecule has 1 saturated heterocycles. The number of alkyl halides is 3. The van der Waals surface area contributed by atoms with Crippen LogP contribution in [0.3, 0.4) is 0 Å². The van der Waals surface area contributed by atoms with Crippen molar-refractivity contribution in [3.63, 3.8) is 0 Å². The van der Waals surface area contributed by atoms with Crippen molar-refractivity contribution in [2.24, 2.45) is 5.92 Å². The highest BCUT2D eigenvalue weighted by Crippen LogP contribution is 2.37. The highest BCUT2D eigenvalue weighted by atomic mass is 19.4. The van der Waals surface area contributed by atoms with E-state index in [0.717, 1.165) is 0 Å². The molecule has 0 aromatic rings. The molecule has 2 fully saturated rings. The number of hydrogen-bond acceptors (Lipinski definition) is 3. The molecule has 1 aliphatic carbocycles. The number of halogens is 3. The lowest BCUT2D eigenvalue weighted by Gasteiger charge is -2.38. The number of nitrogens with one attached hydrogen (secondary N) is 1. The molecular formula is C15H25F3N2O3. The van der Waals surface area contributed by atoms with Crippen LogP contribution in [0.2, 0.25) is 0 Å². The average Bonchev–Trinajstić information content (AvgIpc) is 2.46. The lowest BCUT2D eigenvalue weighted by Crippen LogP contribution is -2.55. The Morgan fingerprint density at radius 1 is 1.35 bits per heavy atom. The largest absolute Gasteiger partial charge is 0.393 e. The van der Waals surface area contributed by atoms with Crippen LogP contribution in [0.4, 0.5) is 18.0 Å². The molecule has 2 unspecified atom stereocenters. The van der Waals surface area contributed by atoms with E-state index in [1.807, 2.05) is 0 Å². The van der Waals surface area contributed by atoms with E-state index < -0.39 is 18.2 Å². The van der Waals surface area contributed by atoms with E-state index in [2.05, 4.69) is 5.32 Å². The van der Waals surface area contributed by atoms with Crippen LogP contribution in [0.5, 0.6) is 0 Å². The minimum Gasteiger partial charge on any atom is -0.393 e. The lowest BCUT2D eigenvalue weighted by molar-refractivity contribution is -0.182. The molecule has 2 aliphatic rings. The van der Waals surface area contributed by atoms with E-state index in [9.17, 15) is 23.1 Å². The topological polar surface area (TPSA) is 61.8 Å². The zero-order valence-corrected chi connectivity index (χ0v) is 13.3. The fraction of sp³-hybridized carbons (Fsp3) is 0.933. The van der Waals surface area contributed by atoms with Crippen LogP contribution >= 0.6 is 0 Å². The van der Waals surface area contributed by atoms with Crippen molar-refractivity contribution in [3.8, 4) is 0 Å². The van der Waals surface area contributed by atoms with Crippen LogP contribution in [-0.2, 0) is 4.74 Å². The number of amides is 2. The van der Waals surface area contributed by atoms with E-state index in [4.69, 9.17) is 4.74 Å². The predicted molar refractivity (Wildman–Crippen MR) is 77.9 cm³/mol. The van der Waals surface area contributed by atoms with Gasteiger partial charge in [-0.15, -0.1) is 0 Å². The Kier molecular flexibility index (Phi) is 6.13. The Labute approximate surface area is 134 Å². The molecular weight excluding hydrogens is 313 g/mol. The van der Waals surface area contributed by atoms with Crippen LogP contribution in [0.1, 0.15) is 39.0 Å². The Balaban J connectivity index is 1.84. The number of nitrogens with zero attached hydrogens (tertiary/aromatic N) is 1. The van der Waals surface area contributed by atoms with Gasteiger partial charge in [-0.05, 0) is 39.0 Å². The number of rotatable bonds is 3. The molecule has 2 atom stereocenters. The van der Waals surface area contributed by atoms with Crippen molar-refractivity contribution in [2.45, 2.75) is 63.4 Å². The summed E-state index contributed by atoms with van der Waals surface area (Å²) in [5, 5.41) is 12.4. The molecule has 8 heteroatoms. The standard InChI is InChI=1S/C15H25F3N2O3/c1-10(21)8-13-9-23-7-6-20(13)14(22)19-12-4-2-11(3-5-12)15(16,17)18/h10-13,21H,2-9H2,1H3,(H,19,22). The zero-order chi connectivity index (χ0) is 17.0. The first kappa shape index (κ1) is 18.3. The van der Waals surface area contributed by atoms with Gasteiger partial charge in [0.2, 0.25) is 0 Å². The molecule has 0 bridgehead atoms. The number of ether oxygens (including phenoxy) is 1. The first-order chi connectivity index (χ1) is 10.8. The highest BCUT2D eigenvalue weighted by Gasteiger charge is 2.42. The number of carbonyl (C=O) groups is 1. The summed E-state index contributed by atoms with van der Waals surface area (Å²) in [6, 6.07) is -0.680. The summed E-state index contributed by atoms with van der Waals surface area (Å²) < 4.78 is 43.3. The molecule has 23 heavy (non-hydrogen) atoms. The summed E-state index contributed by atoms with van der Waals surface area (Å²) in [6.45, 7) is 2.90. The molecule has 0 aromatic heterocycles. The van der Waals surface area contributed by atoms with Gasteiger partial charge in [0.15, 0.2) is 0 Å². The van der Waals surface area contributed by atoms with Crippen LogP contribution in [0.15, 0.2) is 0 Å². The van der Waals surface area contributed by atoms with E-state index in [-0.39, 0.29) is 31.0 Å². The van der Waals surface area contributed by atoms with Gasteiger partial charge in [0, 0.05) is 12.6 Å². The summed E-state index contributed by atoms with van der Waals surface area (Å²) in [6.07, 6.45) is -3.43. The molecule has 1 saturated carbocycles. The molecule has 5 nitrogen and oxygen atoms in total. The van der Waals surface area contributed by atoms with Crippen LogP contribution in [-0.4, -0.2) is 60.2 Å². The first-order valence-corrected chi connectivity index (χ1v) is 8.17. The third kappa shape index (κ3) is 5.24. The number of morpholine rings is 1. The van der Waals surface area contributed by atoms with Crippen molar-refractivity contribution in [1.29, 1.82) is 0 Å². The Morgan fingerprint density at radius 2 is 2.00 bits per heavy atom. The molecule has 2 rings (SSSR count). The van der Waals surface area contributed by atoms with E-state index in [1.165, 1.54) is 0 Å². The van der Waals surface area contributed by atoms with E-state index >= 15 is 0 Å². The maximum absolute atomic E-state index is 12.7. The van der Waals surface area contributed by atoms with Gasteiger partial charge in [-0.25, -0.2) is 4.79 Å². The van der Waals surface area contributed by atoms with Crippen LogP contribution in [0.25, 0.3) is 0 Å². The van der Waals surface area contributed by atoms with Gasteiger partial charge < -0.3 is 20.1 Å². The van der Waals surface area contributed by atoms with Crippen molar-refractivity contribution in [2.75, 3.05) is 19.8 Å². The Bertz CT molecular complexity index is 396. The third-order valence-corrected chi connectivity index (χ3v) is 4.62. The van der Waals surface area contributed by atoms with Gasteiger partial charge in [-0.1, -0.05) is 0 Å². The second-order valence-electron chi connectivity index (χ2n) is 6.55. The van der Waals surface area contributed by atoms with Gasteiger partial charge in [-0.3, -0.25) is 0 Å². The minimum absolute atomic E-state index is 0.0641. The van der Waals surface area contributed by atoms with Gasteiger partial charge in [0.1, 0.15) is 0 Å². The molecule has 2 N–H and O–H groups in total. The number of urea groups is 1. The average molecular weight is 338 g/mol. The fourth-order valence-corrected chi connectivity index (χ4v) is 3.33. The van der Waals surface area contributed by atoms with Gasteiger partial charge in [0.25, 0.3) is 0 Å². The van der Waals surface area contributed by atoms with Crippen LogP contribution in [0, 0.1) is 5.92 Å². The number of hydrogen-bond donors (Lipinski definition) is 2. The molecule has 1 heterocycles. The van der Waals surface area contributed by atoms with Gasteiger partial charge in [-0.2, -0.15) is 13.2 Å². The maximum atomic E-state index is 12.7. The molecule has 1 aliphatic heterocycles. The van der Waals surface area contributed by atoms with E-state index in [1.54, 1.807) is 11.8 Å². The van der Waals surface area contributed by atoms with E-state index in [0.29, 0.717) is 39.0 Å². The van der Waals surface area contributed by atoms with Crippen molar-refractivity contribution >= 4 is 6.03 Å². The minimum atomic E-state index is -4.14. The second kappa shape index (κ2) is 7.70. The second-order valence-corrected chi connectivity index (χ2v) is 6.55. The van der Waals surface area contributed by atoms with Gasteiger partial charge >= 0.3 is 12.2 Å². The summed E-state index contributed by atoms with van der Waals surface area (Å²) >= 11 is 0. The number of aliphatic hydroxyl groups is 1. The lowest BCUT2D eigenvalue weighted by atomic mass is 9.85. The molecule has 0 spiro atoms. The Morgan fingerprint density at radius 3 is 2.57 bits per heavy atom. The van der Waals surface area contributed by atoms with Crippen molar-refractivity contribution in [3.05, 3.63) is 0 Å².